The summed E-state index contributed by atoms with van der Waals surface area (Å²) in [7, 11) is 0. The average Bonchev–Trinajstić information content (AvgIpc) is 3.03. The lowest BCUT2D eigenvalue weighted by molar-refractivity contribution is -0.130. The van der Waals surface area contributed by atoms with E-state index >= 15 is 0 Å². The highest BCUT2D eigenvalue weighted by molar-refractivity contribution is 9.10. The lowest BCUT2D eigenvalue weighted by Gasteiger charge is -2.24. The van der Waals surface area contributed by atoms with Gasteiger partial charge in [0.05, 0.1) is 6.21 Å². The Labute approximate surface area is 152 Å². The maximum absolute atomic E-state index is 12.2. The molecular formula is C18H14BrN3O3. The van der Waals surface area contributed by atoms with Gasteiger partial charge in [-0.2, -0.15) is 5.10 Å². The highest BCUT2D eigenvalue weighted by atomic mass is 79.9. The van der Waals surface area contributed by atoms with Crippen LogP contribution in [0, 0.1) is 0 Å². The molecule has 7 heteroatoms. The smallest absolute Gasteiger partial charge is 0.284 e. The number of fused-ring (bicyclic) bond motifs is 2. The van der Waals surface area contributed by atoms with Gasteiger partial charge < -0.3 is 14.5 Å². The molecule has 126 valence electrons. The van der Waals surface area contributed by atoms with Crippen molar-refractivity contribution in [3.05, 3.63) is 58.7 Å². The number of H-pyrrole nitrogens is 1. The summed E-state index contributed by atoms with van der Waals surface area (Å²) in [4.78, 5) is 15.4. The van der Waals surface area contributed by atoms with Gasteiger partial charge in [0.15, 0.2) is 11.5 Å². The fraction of sp³-hybridized carbons (Fsp3) is 0.111. The Kier molecular flexibility index (Phi) is 4.15. The summed E-state index contributed by atoms with van der Waals surface area (Å²) in [5.74, 6) is 0.838. The number of amides is 1. The Hall–Kier alpha value is -2.80. The lowest BCUT2D eigenvalue weighted by atomic mass is 10.2. The molecule has 0 bridgehead atoms. The first-order valence-electron chi connectivity index (χ1n) is 7.69. The van der Waals surface area contributed by atoms with Gasteiger partial charge in [-0.05, 0) is 30.3 Å². The van der Waals surface area contributed by atoms with E-state index in [-0.39, 0.29) is 12.5 Å². The zero-order valence-electron chi connectivity index (χ0n) is 13.0. The van der Waals surface area contributed by atoms with Crippen molar-refractivity contribution in [2.24, 2.45) is 5.10 Å². The summed E-state index contributed by atoms with van der Waals surface area (Å²) in [6.45, 7) is 0.151. The van der Waals surface area contributed by atoms with Gasteiger partial charge in [-0.3, -0.25) is 4.79 Å². The van der Waals surface area contributed by atoms with Crippen molar-refractivity contribution in [2.45, 2.75) is 6.10 Å². The molecule has 3 aromatic rings. The molecule has 0 fully saturated rings. The van der Waals surface area contributed by atoms with Crippen LogP contribution in [0.5, 0.6) is 11.5 Å². The van der Waals surface area contributed by atoms with Gasteiger partial charge in [0.2, 0.25) is 6.10 Å². The molecule has 0 radical (unpaired) electrons. The third kappa shape index (κ3) is 3.23. The second-order valence-corrected chi connectivity index (χ2v) is 6.45. The first-order chi connectivity index (χ1) is 12.2. The number of carbonyl (C=O) groups is 1. The fourth-order valence-corrected chi connectivity index (χ4v) is 2.97. The maximum Gasteiger partial charge on any atom is 0.284 e. The number of aromatic amines is 1. The first kappa shape index (κ1) is 15.7. The molecule has 2 N–H and O–H groups in total. The summed E-state index contributed by atoms with van der Waals surface area (Å²) in [6, 6.07) is 13.2. The largest absolute Gasteiger partial charge is 0.485 e. The number of hydrogen-bond acceptors (Lipinski definition) is 4. The number of rotatable bonds is 3. The Bertz CT molecular complexity index is 967. The van der Waals surface area contributed by atoms with Crippen LogP contribution in [0.3, 0.4) is 0 Å². The third-order valence-electron chi connectivity index (χ3n) is 3.86. The van der Waals surface area contributed by atoms with Crippen LogP contribution >= 0.6 is 15.9 Å². The van der Waals surface area contributed by atoms with Gasteiger partial charge in [0, 0.05) is 27.1 Å². The van der Waals surface area contributed by atoms with Crippen LogP contribution in [0.15, 0.2) is 58.2 Å². The van der Waals surface area contributed by atoms with Crippen molar-refractivity contribution in [1.82, 2.24) is 10.4 Å². The second kappa shape index (κ2) is 6.60. The van der Waals surface area contributed by atoms with Crippen LogP contribution < -0.4 is 14.9 Å². The van der Waals surface area contributed by atoms with Gasteiger partial charge in [-0.25, -0.2) is 5.43 Å². The molecule has 2 heterocycles. The molecule has 0 spiro atoms. The number of halogens is 1. The number of hydrogen-bond donors (Lipinski definition) is 2. The zero-order valence-corrected chi connectivity index (χ0v) is 14.6. The summed E-state index contributed by atoms with van der Waals surface area (Å²) in [5, 5.41) is 5.04. The Morgan fingerprint density at radius 1 is 1.28 bits per heavy atom. The van der Waals surface area contributed by atoms with Crippen molar-refractivity contribution < 1.29 is 14.3 Å². The molecule has 1 aliphatic heterocycles. The number of hydrazone groups is 1. The summed E-state index contributed by atoms with van der Waals surface area (Å²) in [6.07, 6.45) is 2.70. The minimum Gasteiger partial charge on any atom is -0.485 e. The van der Waals surface area contributed by atoms with Crippen LogP contribution in [0.25, 0.3) is 10.9 Å². The molecule has 2 aromatic carbocycles. The molecule has 4 rings (SSSR count). The van der Waals surface area contributed by atoms with Gasteiger partial charge in [0.1, 0.15) is 6.61 Å². The highest BCUT2D eigenvalue weighted by Gasteiger charge is 2.26. The standard InChI is InChI=1S/C18H14BrN3O3/c19-12-5-6-14-13(7-12)11(8-20-14)9-21-22-18(23)17-10-24-15-3-1-2-4-16(15)25-17/h1-9,17,20H,10H2,(H,22,23)/b21-9+/t17-/m0/s1. The van der Waals surface area contributed by atoms with Crippen LogP contribution in [0.4, 0.5) is 0 Å². The fourth-order valence-electron chi connectivity index (χ4n) is 2.61. The van der Waals surface area contributed by atoms with Crippen LogP contribution in [-0.4, -0.2) is 29.8 Å². The molecule has 25 heavy (non-hydrogen) atoms. The van der Waals surface area contributed by atoms with E-state index in [0.29, 0.717) is 11.5 Å². The third-order valence-corrected chi connectivity index (χ3v) is 4.35. The first-order valence-corrected chi connectivity index (χ1v) is 8.48. The number of ether oxygens (including phenoxy) is 2. The number of carbonyl (C=O) groups excluding carboxylic acids is 1. The SMILES string of the molecule is O=C(N/N=C/c1c[nH]c2ccc(Br)cc12)[C@@H]1COc2ccccc2O1. The topological polar surface area (TPSA) is 75.7 Å². The number of nitrogens with zero attached hydrogens (tertiary/aromatic N) is 1. The predicted octanol–water partition coefficient (Wildman–Crippen LogP) is 3.22. The highest BCUT2D eigenvalue weighted by Crippen LogP contribution is 2.30. The molecule has 1 amide bonds. The van der Waals surface area contributed by atoms with E-state index in [1.54, 1.807) is 18.3 Å². The van der Waals surface area contributed by atoms with Gasteiger partial charge in [-0.15, -0.1) is 0 Å². The van der Waals surface area contributed by atoms with Gasteiger partial charge >= 0.3 is 0 Å². The molecule has 0 saturated heterocycles. The van der Waals surface area contributed by atoms with E-state index in [1.807, 2.05) is 36.5 Å². The Morgan fingerprint density at radius 2 is 2.12 bits per heavy atom. The molecule has 1 aromatic heterocycles. The van der Waals surface area contributed by atoms with Crippen LogP contribution in [-0.2, 0) is 4.79 Å². The summed E-state index contributed by atoms with van der Waals surface area (Å²) in [5.41, 5.74) is 4.38. The number of nitrogens with one attached hydrogen (secondary N) is 2. The van der Waals surface area contributed by atoms with E-state index in [4.69, 9.17) is 9.47 Å². The normalized spacial score (nSPS) is 16.3. The minimum absolute atomic E-state index is 0.151. The number of benzene rings is 2. The monoisotopic (exact) mass is 399 g/mol. The Morgan fingerprint density at radius 3 is 3.00 bits per heavy atom. The van der Waals surface area contributed by atoms with E-state index in [0.717, 1.165) is 20.9 Å². The zero-order chi connectivity index (χ0) is 17.2. The predicted molar refractivity (Wildman–Crippen MR) is 98.1 cm³/mol. The summed E-state index contributed by atoms with van der Waals surface area (Å²) < 4.78 is 12.2. The van der Waals surface area contributed by atoms with Gasteiger partial charge in [-0.1, -0.05) is 28.1 Å². The molecule has 6 nitrogen and oxygen atoms in total. The van der Waals surface area contributed by atoms with Crippen LogP contribution in [0.2, 0.25) is 0 Å². The molecule has 0 unspecified atom stereocenters. The van der Waals surface area contributed by atoms with Crippen LogP contribution in [0.1, 0.15) is 5.56 Å². The maximum atomic E-state index is 12.2. The Balaban J connectivity index is 1.43. The van der Waals surface area contributed by atoms with Gasteiger partial charge in [0.25, 0.3) is 5.91 Å². The van der Waals surface area contributed by atoms with Crippen molar-refractivity contribution in [2.75, 3.05) is 6.61 Å². The number of para-hydroxylation sites is 2. The molecular weight excluding hydrogens is 386 g/mol. The van der Waals surface area contributed by atoms with E-state index < -0.39 is 6.10 Å². The quantitative estimate of drug-likeness (QED) is 0.524. The summed E-state index contributed by atoms with van der Waals surface area (Å²) >= 11 is 3.45. The van der Waals surface area contributed by atoms with Crippen molar-refractivity contribution in [3.63, 3.8) is 0 Å². The molecule has 1 atom stereocenters. The average molecular weight is 400 g/mol. The lowest BCUT2D eigenvalue weighted by Crippen LogP contribution is -2.42. The van der Waals surface area contributed by atoms with E-state index in [9.17, 15) is 4.79 Å². The minimum atomic E-state index is -0.732. The second-order valence-electron chi connectivity index (χ2n) is 5.53. The molecule has 0 saturated carbocycles. The number of aromatic nitrogens is 1. The van der Waals surface area contributed by atoms with E-state index in [1.165, 1.54) is 0 Å². The molecule has 0 aliphatic carbocycles. The van der Waals surface area contributed by atoms with Crippen molar-refractivity contribution >= 4 is 39.0 Å². The van der Waals surface area contributed by atoms with Crippen molar-refractivity contribution in [1.29, 1.82) is 0 Å². The van der Waals surface area contributed by atoms with Crippen molar-refractivity contribution in [3.8, 4) is 11.5 Å². The van der Waals surface area contributed by atoms with E-state index in [2.05, 4.69) is 31.4 Å². The molecule has 1 aliphatic rings.